The van der Waals surface area contributed by atoms with Crippen LogP contribution in [0, 0.1) is 6.92 Å². The van der Waals surface area contributed by atoms with Crippen molar-refractivity contribution in [1.82, 2.24) is 9.78 Å². The molecule has 0 fully saturated rings. The number of nitrogens with zero attached hydrogens (tertiary/aromatic N) is 2. The maximum Gasteiger partial charge on any atom is 0.246 e. The highest BCUT2D eigenvalue weighted by molar-refractivity contribution is 9.10. The molecule has 2 aromatic rings. The van der Waals surface area contributed by atoms with Gasteiger partial charge in [0.15, 0.2) is 0 Å². The molecule has 1 aromatic heterocycles. The zero-order valence-electron chi connectivity index (χ0n) is 9.85. The predicted molar refractivity (Wildman–Crippen MR) is 74.1 cm³/mol. The van der Waals surface area contributed by atoms with Crippen molar-refractivity contribution in [2.45, 2.75) is 13.5 Å². The van der Waals surface area contributed by atoms with Crippen molar-refractivity contribution >= 4 is 33.2 Å². The van der Waals surface area contributed by atoms with E-state index in [1.807, 2.05) is 19.1 Å². The number of hydrogen-bond donors (Lipinski definition) is 2. The summed E-state index contributed by atoms with van der Waals surface area (Å²) in [5, 5.41) is 6.79. The number of hydrogen-bond acceptors (Lipinski definition) is 3. The maximum absolute atomic E-state index is 11.8. The van der Waals surface area contributed by atoms with Gasteiger partial charge in [0.2, 0.25) is 5.91 Å². The molecule has 0 radical (unpaired) electrons. The average Bonchev–Trinajstić information content (AvgIpc) is 2.69. The van der Waals surface area contributed by atoms with Crippen LogP contribution in [0.2, 0.25) is 0 Å². The molecule has 1 amide bonds. The van der Waals surface area contributed by atoms with Crippen molar-refractivity contribution in [1.29, 1.82) is 0 Å². The van der Waals surface area contributed by atoms with Crippen LogP contribution in [0.5, 0.6) is 0 Å². The van der Waals surface area contributed by atoms with Crippen molar-refractivity contribution in [2.75, 3.05) is 11.1 Å². The van der Waals surface area contributed by atoms with Crippen LogP contribution < -0.4 is 11.1 Å². The van der Waals surface area contributed by atoms with Gasteiger partial charge in [-0.2, -0.15) is 5.10 Å². The van der Waals surface area contributed by atoms with E-state index in [2.05, 4.69) is 26.3 Å². The Kier molecular flexibility index (Phi) is 3.66. The molecular weight excluding hydrogens is 296 g/mol. The minimum Gasteiger partial charge on any atom is -0.398 e. The Hall–Kier alpha value is -1.82. The van der Waals surface area contributed by atoms with Gasteiger partial charge in [0.25, 0.3) is 0 Å². The number of nitrogens with one attached hydrogen (secondary N) is 1. The van der Waals surface area contributed by atoms with E-state index in [0.717, 1.165) is 10.0 Å². The van der Waals surface area contributed by atoms with Crippen molar-refractivity contribution in [2.24, 2.45) is 0 Å². The zero-order chi connectivity index (χ0) is 13.1. The highest BCUT2D eigenvalue weighted by Crippen LogP contribution is 2.16. The van der Waals surface area contributed by atoms with E-state index < -0.39 is 0 Å². The molecule has 0 aliphatic rings. The molecule has 3 N–H and O–H groups in total. The van der Waals surface area contributed by atoms with E-state index in [1.54, 1.807) is 23.1 Å². The molecular formula is C12H13BrN4O. The van der Waals surface area contributed by atoms with E-state index in [-0.39, 0.29) is 12.5 Å². The number of nitrogen functional groups attached to an aromatic ring is 1. The molecule has 0 saturated carbocycles. The third-order valence-corrected chi connectivity index (χ3v) is 2.88. The quantitative estimate of drug-likeness (QED) is 0.854. The number of benzene rings is 1. The fourth-order valence-corrected chi connectivity index (χ4v) is 1.82. The molecule has 1 aromatic carbocycles. The van der Waals surface area contributed by atoms with Crippen LogP contribution in [0.4, 0.5) is 11.4 Å². The van der Waals surface area contributed by atoms with Gasteiger partial charge in [-0.3, -0.25) is 9.48 Å². The van der Waals surface area contributed by atoms with Gasteiger partial charge in [-0.15, -0.1) is 0 Å². The fraction of sp³-hybridized carbons (Fsp3) is 0.167. The number of carbonyl (C=O) groups is 1. The monoisotopic (exact) mass is 308 g/mol. The maximum atomic E-state index is 11.8. The molecule has 0 spiro atoms. The molecule has 0 saturated heterocycles. The van der Waals surface area contributed by atoms with Crippen LogP contribution in [-0.2, 0) is 11.3 Å². The third-order valence-electron chi connectivity index (χ3n) is 2.47. The van der Waals surface area contributed by atoms with E-state index in [4.69, 9.17) is 5.73 Å². The summed E-state index contributed by atoms with van der Waals surface area (Å²) >= 11 is 3.27. The standard InChI is InChI=1S/C12H13BrN4O/c1-8-2-3-10(4-11(8)14)16-12(18)7-17-6-9(13)5-15-17/h2-6H,7,14H2,1H3,(H,16,18). The molecule has 6 heteroatoms. The predicted octanol–water partition coefficient (Wildman–Crippen LogP) is 2.17. The summed E-state index contributed by atoms with van der Waals surface area (Å²) in [7, 11) is 0. The summed E-state index contributed by atoms with van der Waals surface area (Å²) < 4.78 is 2.40. The molecule has 94 valence electrons. The lowest BCUT2D eigenvalue weighted by atomic mass is 10.2. The van der Waals surface area contributed by atoms with E-state index >= 15 is 0 Å². The Morgan fingerprint density at radius 3 is 2.94 bits per heavy atom. The van der Waals surface area contributed by atoms with Gasteiger partial charge < -0.3 is 11.1 Å². The van der Waals surface area contributed by atoms with Gasteiger partial charge in [-0.25, -0.2) is 0 Å². The third kappa shape index (κ3) is 3.10. The first-order valence-corrected chi connectivity index (χ1v) is 6.18. The molecule has 1 heterocycles. The average molecular weight is 309 g/mol. The molecule has 2 rings (SSSR count). The van der Waals surface area contributed by atoms with Gasteiger partial charge in [0.05, 0.1) is 10.7 Å². The topological polar surface area (TPSA) is 72.9 Å². The fourth-order valence-electron chi connectivity index (χ4n) is 1.49. The van der Waals surface area contributed by atoms with Crippen LogP contribution >= 0.6 is 15.9 Å². The first-order chi connectivity index (χ1) is 8.54. The molecule has 0 atom stereocenters. The number of anilines is 2. The van der Waals surface area contributed by atoms with Crippen molar-refractivity contribution < 1.29 is 4.79 Å². The summed E-state index contributed by atoms with van der Waals surface area (Å²) in [6.07, 6.45) is 3.38. The summed E-state index contributed by atoms with van der Waals surface area (Å²) in [5.74, 6) is -0.145. The SMILES string of the molecule is Cc1ccc(NC(=O)Cn2cc(Br)cn2)cc1N. The largest absolute Gasteiger partial charge is 0.398 e. The Morgan fingerprint density at radius 2 is 2.33 bits per heavy atom. The van der Waals surface area contributed by atoms with Gasteiger partial charge in [-0.1, -0.05) is 6.07 Å². The summed E-state index contributed by atoms with van der Waals surface area (Å²) in [6.45, 7) is 2.08. The van der Waals surface area contributed by atoms with Crippen LogP contribution in [0.1, 0.15) is 5.56 Å². The number of aryl methyl sites for hydroxylation is 1. The van der Waals surface area contributed by atoms with Crippen LogP contribution in [0.3, 0.4) is 0 Å². The number of carbonyl (C=O) groups excluding carboxylic acids is 1. The summed E-state index contributed by atoms with van der Waals surface area (Å²) in [5.41, 5.74) is 8.12. The number of aromatic nitrogens is 2. The van der Waals surface area contributed by atoms with Crippen molar-refractivity contribution in [3.8, 4) is 0 Å². The lowest BCUT2D eigenvalue weighted by molar-refractivity contribution is -0.116. The molecule has 18 heavy (non-hydrogen) atoms. The lowest BCUT2D eigenvalue weighted by Crippen LogP contribution is -2.19. The number of halogens is 1. The van der Waals surface area contributed by atoms with Gasteiger partial charge in [-0.05, 0) is 40.5 Å². The summed E-state index contributed by atoms with van der Waals surface area (Å²) in [4.78, 5) is 11.8. The zero-order valence-corrected chi connectivity index (χ0v) is 11.4. The van der Waals surface area contributed by atoms with Crippen LogP contribution in [0.25, 0.3) is 0 Å². The number of amides is 1. The van der Waals surface area contributed by atoms with Crippen molar-refractivity contribution in [3.05, 3.63) is 40.6 Å². The Balaban J connectivity index is 2.00. The van der Waals surface area contributed by atoms with E-state index in [9.17, 15) is 4.79 Å². The second-order valence-electron chi connectivity index (χ2n) is 3.98. The van der Waals surface area contributed by atoms with E-state index in [1.165, 1.54) is 0 Å². The normalized spacial score (nSPS) is 10.3. The van der Waals surface area contributed by atoms with Gasteiger partial charge in [0, 0.05) is 17.6 Å². The number of nitrogens with two attached hydrogens (primary N) is 1. The molecule has 0 aliphatic heterocycles. The van der Waals surface area contributed by atoms with Gasteiger partial charge >= 0.3 is 0 Å². The molecule has 0 aliphatic carbocycles. The Bertz CT molecular complexity index is 579. The second kappa shape index (κ2) is 5.22. The molecule has 0 bridgehead atoms. The van der Waals surface area contributed by atoms with Crippen LogP contribution in [0.15, 0.2) is 35.1 Å². The Labute approximate surface area is 113 Å². The number of rotatable bonds is 3. The minimum atomic E-state index is -0.145. The molecule has 5 nitrogen and oxygen atoms in total. The van der Waals surface area contributed by atoms with Gasteiger partial charge in [0.1, 0.15) is 6.54 Å². The minimum absolute atomic E-state index is 0.145. The Morgan fingerprint density at radius 1 is 1.56 bits per heavy atom. The summed E-state index contributed by atoms with van der Waals surface area (Å²) in [6, 6.07) is 5.43. The first kappa shape index (κ1) is 12.6. The molecule has 0 unspecified atom stereocenters. The van der Waals surface area contributed by atoms with E-state index in [0.29, 0.717) is 11.4 Å². The highest BCUT2D eigenvalue weighted by atomic mass is 79.9. The highest BCUT2D eigenvalue weighted by Gasteiger charge is 2.05. The smallest absolute Gasteiger partial charge is 0.246 e. The van der Waals surface area contributed by atoms with Crippen molar-refractivity contribution in [3.63, 3.8) is 0 Å². The first-order valence-electron chi connectivity index (χ1n) is 5.38. The lowest BCUT2D eigenvalue weighted by Gasteiger charge is -2.07. The van der Waals surface area contributed by atoms with Crippen LogP contribution in [-0.4, -0.2) is 15.7 Å². The second-order valence-corrected chi connectivity index (χ2v) is 4.89.